The van der Waals surface area contributed by atoms with Crippen LogP contribution in [0.5, 0.6) is 5.75 Å². The molecule has 1 heterocycles. The SMILES string of the molecule is O=C1[C@H]2[C@H](C(=O)N1/N=C\c1cc(Br)c(O)c(Br)c1)[C@H]1C=C[C@H]2C12CC2. The molecule has 0 aromatic heterocycles. The van der Waals surface area contributed by atoms with E-state index < -0.39 is 0 Å². The van der Waals surface area contributed by atoms with Gasteiger partial charge in [-0.3, -0.25) is 9.59 Å². The van der Waals surface area contributed by atoms with Crippen molar-refractivity contribution in [3.63, 3.8) is 0 Å². The van der Waals surface area contributed by atoms with E-state index in [1.165, 1.54) is 6.21 Å². The zero-order chi connectivity index (χ0) is 17.5. The molecule has 1 aromatic carbocycles. The Labute approximate surface area is 161 Å². The lowest BCUT2D eigenvalue weighted by atomic mass is 9.85. The summed E-state index contributed by atoms with van der Waals surface area (Å²) in [4.78, 5) is 25.6. The Morgan fingerprint density at radius 3 is 2.08 bits per heavy atom. The summed E-state index contributed by atoms with van der Waals surface area (Å²) in [5.74, 6) is -0.317. The third kappa shape index (κ3) is 1.96. The minimum absolute atomic E-state index is 0.0948. The number of fused-ring (bicyclic) bond motifs is 3. The maximum atomic E-state index is 12.8. The van der Waals surface area contributed by atoms with Crippen molar-refractivity contribution in [2.45, 2.75) is 12.8 Å². The van der Waals surface area contributed by atoms with Crippen molar-refractivity contribution in [3.05, 3.63) is 38.8 Å². The summed E-state index contributed by atoms with van der Waals surface area (Å²) in [6.07, 6.45) is 8.02. The Morgan fingerprint density at radius 2 is 1.60 bits per heavy atom. The molecule has 4 atom stereocenters. The number of hydrazone groups is 1. The van der Waals surface area contributed by atoms with Crippen LogP contribution in [0.3, 0.4) is 0 Å². The van der Waals surface area contributed by atoms with Gasteiger partial charge in [-0.25, -0.2) is 0 Å². The molecular weight excluding hydrogens is 452 g/mol. The second-order valence-corrected chi connectivity index (χ2v) is 9.00. The van der Waals surface area contributed by atoms with E-state index in [1.807, 2.05) is 0 Å². The van der Waals surface area contributed by atoms with E-state index in [0.29, 0.717) is 14.5 Å². The van der Waals surface area contributed by atoms with E-state index in [9.17, 15) is 14.7 Å². The predicted molar refractivity (Wildman–Crippen MR) is 97.7 cm³/mol. The normalized spacial score (nSPS) is 33.9. The van der Waals surface area contributed by atoms with E-state index in [0.717, 1.165) is 17.9 Å². The molecule has 0 radical (unpaired) electrons. The Bertz CT molecular complexity index is 833. The molecule has 1 aromatic rings. The number of phenols is 1. The average molecular weight is 466 g/mol. The van der Waals surface area contributed by atoms with Crippen molar-refractivity contribution in [2.24, 2.45) is 34.2 Å². The molecule has 5 nitrogen and oxygen atoms in total. The van der Waals surface area contributed by atoms with Crippen molar-refractivity contribution in [2.75, 3.05) is 0 Å². The van der Waals surface area contributed by atoms with Gasteiger partial charge in [-0.1, -0.05) is 12.2 Å². The highest BCUT2D eigenvalue weighted by molar-refractivity contribution is 9.11. The van der Waals surface area contributed by atoms with Gasteiger partial charge in [0.1, 0.15) is 5.75 Å². The molecule has 2 amide bonds. The number of imide groups is 1. The number of hydrogen-bond donors (Lipinski definition) is 1. The topological polar surface area (TPSA) is 70.0 Å². The quantitative estimate of drug-likeness (QED) is 0.413. The maximum absolute atomic E-state index is 12.8. The van der Waals surface area contributed by atoms with Gasteiger partial charge in [0, 0.05) is 0 Å². The first-order valence-electron chi connectivity index (χ1n) is 8.22. The molecule has 4 aliphatic rings. The summed E-state index contributed by atoms with van der Waals surface area (Å²) in [7, 11) is 0. The van der Waals surface area contributed by atoms with Crippen LogP contribution in [0, 0.1) is 29.1 Å². The van der Waals surface area contributed by atoms with Gasteiger partial charge < -0.3 is 5.11 Å². The molecule has 7 heteroatoms. The first-order valence-corrected chi connectivity index (χ1v) is 9.81. The van der Waals surface area contributed by atoms with Crippen LogP contribution in [-0.4, -0.2) is 28.1 Å². The third-order valence-electron chi connectivity index (χ3n) is 6.19. The molecule has 2 saturated carbocycles. The van der Waals surface area contributed by atoms with Crippen LogP contribution in [-0.2, 0) is 9.59 Å². The molecule has 3 fully saturated rings. The maximum Gasteiger partial charge on any atom is 0.254 e. The number of nitrogens with zero attached hydrogens (tertiary/aromatic N) is 2. The first-order chi connectivity index (χ1) is 11.9. The minimum Gasteiger partial charge on any atom is -0.506 e. The molecule has 2 bridgehead atoms. The fourth-order valence-electron chi connectivity index (χ4n) is 4.96. The third-order valence-corrected chi connectivity index (χ3v) is 7.40. The van der Waals surface area contributed by atoms with Crippen molar-refractivity contribution in [1.29, 1.82) is 0 Å². The van der Waals surface area contributed by atoms with Crippen LogP contribution in [0.15, 0.2) is 38.3 Å². The van der Waals surface area contributed by atoms with Gasteiger partial charge >= 0.3 is 0 Å². The monoisotopic (exact) mass is 464 g/mol. The molecule has 0 unspecified atom stereocenters. The van der Waals surface area contributed by atoms with Crippen LogP contribution >= 0.6 is 31.9 Å². The molecule has 128 valence electrons. The second-order valence-electron chi connectivity index (χ2n) is 7.29. The Hall–Kier alpha value is -1.47. The fraction of sp³-hybridized carbons (Fsp3) is 0.389. The summed E-state index contributed by atoms with van der Waals surface area (Å²) in [5, 5.41) is 15.0. The van der Waals surface area contributed by atoms with E-state index in [-0.39, 0.29) is 46.7 Å². The van der Waals surface area contributed by atoms with Crippen molar-refractivity contribution in [1.82, 2.24) is 5.01 Å². The minimum atomic E-state index is -0.236. The Balaban J connectivity index is 1.44. The van der Waals surface area contributed by atoms with Crippen molar-refractivity contribution < 1.29 is 14.7 Å². The van der Waals surface area contributed by atoms with Crippen LogP contribution in [0.1, 0.15) is 18.4 Å². The van der Waals surface area contributed by atoms with E-state index in [4.69, 9.17) is 0 Å². The highest BCUT2D eigenvalue weighted by atomic mass is 79.9. The van der Waals surface area contributed by atoms with E-state index in [2.05, 4.69) is 49.1 Å². The molecule has 5 rings (SSSR count). The summed E-state index contributed by atoms with van der Waals surface area (Å²) in [6, 6.07) is 3.36. The van der Waals surface area contributed by atoms with E-state index >= 15 is 0 Å². The number of aromatic hydroxyl groups is 1. The van der Waals surface area contributed by atoms with Crippen LogP contribution in [0.4, 0.5) is 0 Å². The van der Waals surface area contributed by atoms with Gasteiger partial charge in [0.15, 0.2) is 0 Å². The van der Waals surface area contributed by atoms with E-state index in [1.54, 1.807) is 12.1 Å². The molecule has 3 aliphatic carbocycles. The largest absolute Gasteiger partial charge is 0.506 e. The lowest BCUT2D eigenvalue weighted by molar-refractivity contribution is -0.141. The molecule has 1 spiro atoms. The standard InChI is InChI=1S/C18H14Br2N2O3/c19-11-5-8(6-12(20)15(11)23)7-21-22-16(24)13-9-1-2-10(14(13)17(22)25)18(9)3-4-18/h1-2,5-7,9-10,13-14,23H,3-4H2/b21-7-/t9-,10-,13-,14-/m1/s1. The number of benzene rings is 1. The number of rotatable bonds is 2. The van der Waals surface area contributed by atoms with Crippen LogP contribution in [0.2, 0.25) is 0 Å². The average Bonchev–Trinajstić information content (AvgIpc) is 3.18. The molecular formula is C18H14Br2N2O3. The summed E-state index contributed by atoms with van der Waals surface area (Å²) in [5.41, 5.74) is 0.873. The zero-order valence-corrected chi connectivity index (χ0v) is 16.2. The van der Waals surface area contributed by atoms with Gasteiger partial charge in [0.2, 0.25) is 0 Å². The lowest BCUT2D eigenvalue weighted by Crippen LogP contribution is -2.30. The molecule has 1 N–H and O–H groups in total. The summed E-state index contributed by atoms with van der Waals surface area (Å²) < 4.78 is 1.02. The van der Waals surface area contributed by atoms with Crippen LogP contribution in [0.25, 0.3) is 0 Å². The number of carbonyl (C=O) groups is 2. The van der Waals surface area contributed by atoms with Gasteiger partial charge in [-0.15, -0.1) is 0 Å². The summed E-state index contributed by atoms with van der Waals surface area (Å²) in [6.45, 7) is 0. The number of phenolic OH excluding ortho intramolecular Hbond substituents is 1. The lowest BCUT2D eigenvalue weighted by Gasteiger charge is -2.18. The number of hydrogen-bond acceptors (Lipinski definition) is 4. The van der Waals surface area contributed by atoms with Gasteiger partial charge in [0.25, 0.3) is 11.8 Å². The van der Waals surface area contributed by atoms with Gasteiger partial charge in [-0.05, 0) is 79.6 Å². The van der Waals surface area contributed by atoms with Crippen molar-refractivity contribution in [3.8, 4) is 5.75 Å². The molecule has 1 saturated heterocycles. The smallest absolute Gasteiger partial charge is 0.254 e. The highest BCUT2D eigenvalue weighted by Gasteiger charge is 2.73. The van der Waals surface area contributed by atoms with Crippen molar-refractivity contribution >= 4 is 49.9 Å². The zero-order valence-electron chi connectivity index (χ0n) is 13.0. The number of carbonyl (C=O) groups excluding carboxylic acids is 2. The number of halogens is 2. The fourth-order valence-corrected chi connectivity index (χ4v) is 6.18. The molecule has 1 aliphatic heterocycles. The van der Waals surface area contributed by atoms with Crippen LogP contribution < -0.4 is 0 Å². The number of allylic oxidation sites excluding steroid dienone is 2. The first kappa shape index (κ1) is 15.8. The second kappa shape index (κ2) is 5.04. The predicted octanol–water partition coefficient (Wildman–Crippen LogP) is 3.45. The van der Waals surface area contributed by atoms with Gasteiger partial charge in [-0.2, -0.15) is 10.1 Å². The summed E-state index contributed by atoms with van der Waals surface area (Å²) >= 11 is 6.52. The molecule has 25 heavy (non-hydrogen) atoms. The highest BCUT2D eigenvalue weighted by Crippen LogP contribution is 2.73. The Morgan fingerprint density at radius 1 is 1.08 bits per heavy atom. The Kier molecular flexibility index (Phi) is 3.18. The van der Waals surface area contributed by atoms with Gasteiger partial charge in [0.05, 0.1) is 27.0 Å². The number of amides is 2.